The molecule has 0 saturated heterocycles. The first-order valence-electron chi connectivity index (χ1n) is 10.9. The van der Waals surface area contributed by atoms with Gasteiger partial charge in [0.2, 0.25) is 11.8 Å². The summed E-state index contributed by atoms with van der Waals surface area (Å²) < 4.78 is 0. The van der Waals surface area contributed by atoms with Crippen LogP contribution in [0.15, 0.2) is 42.5 Å². The Balaban J connectivity index is 1.87. The minimum Gasteiger partial charge on any atom is -0.352 e. The number of nitrogens with zero attached hydrogens (tertiary/aromatic N) is 1. The van der Waals surface area contributed by atoms with Gasteiger partial charge in [-0.15, -0.1) is 0 Å². The van der Waals surface area contributed by atoms with Crippen LogP contribution in [-0.4, -0.2) is 35.2 Å². The summed E-state index contributed by atoms with van der Waals surface area (Å²) in [6.45, 7) is 8.70. The van der Waals surface area contributed by atoms with E-state index in [-0.39, 0.29) is 23.6 Å². The lowest BCUT2D eigenvalue weighted by Crippen LogP contribution is -2.50. The monoisotopic (exact) mass is 421 g/mol. The average molecular weight is 422 g/mol. The molecule has 2 aromatic carbocycles. The largest absolute Gasteiger partial charge is 0.352 e. The number of anilines is 1. The van der Waals surface area contributed by atoms with E-state index in [9.17, 15) is 14.4 Å². The molecule has 1 aliphatic heterocycles. The van der Waals surface area contributed by atoms with E-state index >= 15 is 0 Å². The number of rotatable bonds is 6. The van der Waals surface area contributed by atoms with Crippen molar-refractivity contribution in [2.45, 2.75) is 53.1 Å². The van der Waals surface area contributed by atoms with E-state index in [1.54, 1.807) is 17.0 Å². The maximum Gasteiger partial charge on any atom is 0.251 e. The number of hydrogen-bond acceptors (Lipinski definition) is 3. The molecule has 31 heavy (non-hydrogen) atoms. The molecule has 0 aliphatic carbocycles. The highest BCUT2D eigenvalue weighted by Gasteiger charge is 2.34. The zero-order valence-corrected chi connectivity index (χ0v) is 18.7. The highest BCUT2D eigenvalue weighted by molar-refractivity contribution is 6.00. The Labute approximate surface area is 184 Å². The van der Waals surface area contributed by atoms with Gasteiger partial charge in [0.05, 0.1) is 0 Å². The van der Waals surface area contributed by atoms with E-state index in [4.69, 9.17) is 0 Å². The minimum absolute atomic E-state index is 0.0163. The number of carbonyl (C=O) groups excluding carboxylic acids is 3. The highest BCUT2D eigenvalue weighted by atomic mass is 16.2. The predicted octanol–water partition coefficient (Wildman–Crippen LogP) is 3.68. The standard InChI is InChI=1S/C25H31N3O3/c1-5-26-24(30)19-11-10-17(4)21(13-19)27-25(31)22-14-18-8-6-7-9-20(18)15-28(22)23(29)12-16(2)3/h6-11,13,16,22H,5,12,14-15H2,1-4H3,(H,26,30)(H,27,31). The molecule has 3 amide bonds. The number of aryl methyl sites for hydroxylation is 1. The Kier molecular flexibility index (Phi) is 7.10. The van der Waals surface area contributed by atoms with Crippen LogP contribution in [0.5, 0.6) is 0 Å². The number of hydrogen-bond donors (Lipinski definition) is 2. The lowest BCUT2D eigenvalue weighted by Gasteiger charge is -2.36. The van der Waals surface area contributed by atoms with Crippen molar-refractivity contribution in [3.05, 3.63) is 64.7 Å². The van der Waals surface area contributed by atoms with Gasteiger partial charge in [0.25, 0.3) is 5.91 Å². The second kappa shape index (κ2) is 9.77. The van der Waals surface area contributed by atoms with E-state index in [0.29, 0.717) is 37.2 Å². The van der Waals surface area contributed by atoms with Gasteiger partial charge in [-0.25, -0.2) is 0 Å². The van der Waals surface area contributed by atoms with Crippen molar-refractivity contribution >= 4 is 23.4 Å². The summed E-state index contributed by atoms with van der Waals surface area (Å²) >= 11 is 0. The molecule has 3 rings (SSSR count). The maximum atomic E-state index is 13.3. The Hall–Kier alpha value is -3.15. The van der Waals surface area contributed by atoms with Crippen molar-refractivity contribution in [2.24, 2.45) is 5.92 Å². The van der Waals surface area contributed by atoms with E-state index in [2.05, 4.69) is 10.6 Å². The second-order valence-electron chi connectivity index (χ2n) is 8.49. The van der Waals surface area contributed by atoms with Crippen LogP contribution in [0.2, 0.25) is 0 Å². The van der Waals surface area contributed by atoms with Crippen molar-refractivity contribution < 1.29 is 14.4 Å². The molecule has 6 heteroatoms. The van der Waals surface area contributed by atoms with Crippen LogP contribution >= 0.6 is 0 Å². The van der Waals surface area contributed by atoms with Gasteiger partial charge in [-0.2, -0.15) is 0 Å². The molecule has 1 unspecified atom stereocenters. The van der Waals surface area contributed by atoms with Gasteiger partial charge in [-0.3, -0.25) is 14.4 Å². The van der Waals surface area contributed by atoms with Crippen LogP contribution < -0.4 is 10.6 Å². The van der Waals surface area contributed by atoms with Crippen LogP contribution in [0.3, 0.4) is 0 Å². The molecule has 0 spiro atoms. The zero-order chi connectivity index (χ0) is 22.5. The third-order valence-electron chi connectivity index (χ3n) is 5.55. The summed E-state index contributed by atoms with van der Waals surface area (Å²) in [4.78, 5) is 40.2. The first kappa shape index (κ1) is 22.5. The molecule has 2 aromatic rings. The van der Waals surface area contributed by atoms with Crippen LogP contribution in [0.1, 0.15) is 54.2 Å². The topological polar surface area (TPSA) is 78.5 Å². The fourth-order valence-electron chi connectivity index (χ4n) is 3.86. The van der Waals surface area contributed by atoms with Gasteiger partial charge < -0.3 is 15.5 Å². The van der Waals surface area contributed by atoms with Gasteiger partial charge >= 0.3 is 0 Å². The summed E-state index contributed by atoms with van der Waals surface area (Å²) in [5.41, 5.74) is 4.10. The lowest BCUT2D eigenvalue weighted by atomic mass is 9.92. The molecule has 1 aliphatic rings. The number of benzene rings is 2. The van der Waals surface area contributed by atoms with Gasteiger partial charge in [-0.1, -0.05) is 44.2 Å². The van der Waals surface area contributed by atoms with Crippen molar-refractivity contribution in [3.63, 3.8) is 0 Å². The second-order valence-corrected chi connectivity index (χ2v) is 8.49. The lowest BCUT2D eigenvalue weighted by molar-refractivity contribution is -0.140. The first-order valence-corrected chi connectivity index (χ1v) is 10.9. The van der Waals surface area contributed by atoms with E-state index < -0.39 is 6.04 Å². The van der Waals surface area contributed by atoms with Gasteiger partial charge in [-0.05, 0) is 48.6 Å². The van der Waals surface area contributed by atoms with E-state index in [1.807, 2.05) is 58.0 Å². The van der Waals surface area contributed by atoms with Crippen molar-refractivity contribution in [3.8, 4) is 0 Å². The molecular weight excluding hydrogens is 390 g/mol. The molecule has 0 saturated carbocycles. The normalized spacial score (nSPS) is 15.4. The number of fused-ring (bicyclic) bond motifs is 1. The molecule has 1 heterocycles. The Bertz CT molecular complexity index is 984. The van der Waals surface area contributed by atoms with Crippen LogP contribution in [0.4, 0.5) is 5.69 Å². The van der Waals surface area contributed by atoms with Gasteiger partial charge in [0.15, 0.2) is 0 Å². The summed E-state index contributed by atoms with van der Waals surface area (Å²) in [6.07, 6.45) is 0.874. The Morgan fingerprint density at radius 2 is 1.81 bits per heavy atom. The summed E-state index contributed by atoms with van der Waals surface area (Å²) in [5, 5.41) is 5.75. The molecule has 164 valence electrons. The molecular formula is C25H31N3O3. The highest BCUT2D eigenvalue weighted by Crippen LogP contribution is 2.26. The van der Waals surface area contributed by atoms with E-state index in [1.165, 1.54) is 0 Å². The van der Waals surface area contributed by atoms with Crippen molar-refractivity contribution in [1.82, 2.24) is 10.2 Å². The predicted molar refractivity (Wildman–Crippen MR) is 122 cm³/mol. The van der Waals surface area contributed by atoms with E-state index in [0.717, 1.165) is 16.7 Å². The van der Waals surface area contributed by atoms with Gasteiger partial charge in [0.1, 0.15) is 6.04 Å². The quantitative estimate of drug-likeness (QED) is 0.747. The Morgan fingerprint density at radius 3 is 2.48 bits per heavy atom. The maximum absolute atomic E-state index is 13.3. The summed E-state index contributed by atoms with van der Waals surface area (Å²) in [7, 11) is 0. The summed E-state index contributed by atoms with van der Waals surface area (Å²) in [5.74, 6) is -0.220. The fraction of sp³-hybridized carbons (Fsp3) is 0.400. The average Bonchev–Trinajstić information content (AvgIpc) is 2.74. The van der Waals surface area contributed by atoms with Crippen molar-refractivity contribution in [1.29, 1.82) is 0 Å². The van der Waals surface area contributed by atoms with Crippen LogP contribution in [0.25, 0.3) is 0 Å². The summed E-state index contributed by atoms with van der Waals surface area (Å²) in [6, 6.07) is 12.6. The smallest absolute Gasteiger partial charge is 0.251 e. The molecule has 0 bridgehead atoms. The fourth-order valence-corrected chi connectivity index (χ4v) is 3.86. The molecule has 0 aromatic heterocycles. The molecule has 2 N–H and O–H groups in total. The molecule has 1 atom stereocenters. The van der Waals surface area contributed by atoms with Crippen molar-refractivity contribution in [2.75, 3.05) is 11.9 Å². The third kappa shape index (κ3) is 5.32. The molecule has 0 fully saturated rings. The first-order chi connectivity index (χ1) is 14.8. The SMILES string of the molecule is CCNC(=O)c1ccc(C)c(NC(=O)C2Cc3ccccc3CN2C(=O)CC(C)C)c1. The zero-order valence-electron chi connectivity index (χ0n) is 18.7. The van der Waals surface area contributed by atoms with Gasteiger partial charge in [0, 0.05) is 37.2 Å². The molecule has 0 radical (unpaired) electrons. The third-order valence-corrected chi connectivity index (χ3v) is 5.55. The molecule has 6 nitrogen and oxygen atoms in total. The van der Waals surface area contributed by atoms with Crippen LogP contribution in [-0.2, 0) is 22.6 Å². The number of carbonyl (C=O) groups is 3. The number of nitrogens with one attached hydrogen (secondary N) is 2. The van der Waals surface area contributed by atoms with Crippen LogP contribution in [0, 0.1) is 12.8 Å². The number of amides is 3. The minimum atomic E-state index is -0.589. The Morgan fingerprint density at radius 1 is 1.10 bits per heavy atom.